The van der Waals surface area contributed by atoms with Crippen LogP contribution in [0.25, 0.3) is 0 Å². The fraction of sp³-hybridized carbons (Fsp3) is 0.444. The van der Waals surface area contributed by atoms with Crippen LogP contribution in [0.2, 0.25) is 0 Å². The lowest BCUT2D eigenvalue weighted by Crippen LogP contribution is -2.26. The van der Waals surface area contributed by atoms with E-state index in [4.69, 9.17) is 9.15 Å². The molecule has 3 nitrogen and oxygen atoms in total. The third-order valence-electron chi connectivity index (χ3n) is 3.72. The molecule has 21 heavy (non-hydrogen) atoms. The standard InChI is InChI=1S/C18H25NO2/c1-4-12-19-18(14(2)15-8-6-5-7-9-15)17-11-10-16(21-17)13-20-3/h5-11,14,18-19H,4,12-13H2,1-3H3. The molecule has 2 aromatic rings. The molecule has 0 aliphatic rings. The van der Waals surface area contributed by atoms with Crippen molar-refractivity contribution in [1.29, 1.82) is 0 Å². The highest BCUT2D eigenvalue weighted by Gasteiger charge is 2.23. The molecule has 1 aromatic heterocycles. The van der Waals surface area contributed by atoms with Crippen LogP contribution >= 0.6 is 0 Å². The predicted octanol–water partition coefficient (Wildman–Crippen LogP) is 4.27. The number of benzene rings is 1. The van der Waals surface area contributed by atoms with Gasteiger partial charge in [0, 0.05) is 13.0 Å². The first kappa shape index (κ1) is 15.8. The monoisotopic (exact) mass is 287 g/mol. The Morgan fingerprint density at radius 2 is 1.90 bits per heavy atom. The molecule has 1 N–H and O–H groups in total. The second-order valence-corrected chi connectivity index (χ2v) is 5.37. The van der Waals surface area contributed by atoms with Crippen LogP contribution in [-0.2, 0) is 11.3 Å². The Hall–Kier alpha value is -1.58. The topological polar surface area (TPSA) is 34.4 Å². The first-order valence-corrected chi connectivity index (χ1v) is 7.62. The smallest absolute Gasteiger partial charge is 0.129 e. The Morgan fingerprint density at radius 1 is 1.14 bits per heavy atom. The fourth-order valence-electron chi connectivity index (χ4n) is 2.55. The summed E-state index contributed by atoms with van der Waals surface area (Å²) in [6.07, 6.45) is 1.10. The van der Waals surface area contributed by atoms with Crippen molar-refractivity contribution >= 4 is 0 Å². The SMILES string of the molecule is CCCNC(c1ccc(COC)o1)C(C)c1ccccc1. The number of nitrogens with one attached hydrogen (secondary N) is 1. The van der Waals surface area contributed by atoms with Gasteiger partial charge in [-0.3, -0.25) is 0 Å². The number of hydrogen-bond donors (Lipinski definition) is 1. The molecule has 1 heterocycles. The number of rotatable bonds is 8. The van der Waals surface area contributed by atoms with Crippen molar-refractivity contribution in [1.82, 2.24) is 5.32 Å². The largest absolute Gasteiger partial charge is 0.462 e. The second-order valence-electron chi connectivity index (χ2n) is 5.37. The van der Waals surface area contributed by atoms with Crippen LogP contribution in [0.3, 0.4) is 0 Å². The number of methoxy groups -OCH3 is 1. The molecule has 2 atom stereocenters. The van der Waals surface area contributed by atoms with Crippen molar-refractivity contribution in [2.75, 3.05) is 13.7 Å². The molecule has 0 saturated carbocycles. The van der Waals surface area contributed by atoms with Crippen molar-refractivity contribution in [2.24, 2.45) is 0 Å². The van der Waals surface area contributed by atoms with Gasteiger partial charge in [0.15, 0.2) is 0 Å². The van der Waals surface area contributed by atoms with Gasteiger partial charge < -0.3 is 14.5 Å². The maximum Gasteiger partial charge on any atom is 0.129 e. The fourth-order valence-corrected chi connectivity index (χ4v) is 2.55. The first-order valence-electron chi connectivity index (χ1n) is 7.62. The summed E-state index contributed by atoms with van der Waals surface area (Å²) in [6, 6.07) is 14.8. The maximum atomic E-state index is 5.94. The van der Waals surface area contributed by atoms with Gasteiger partial charge in [0.1, 0.15) is 18.1 Å². The van der Waals surface area contributed by atoms with Gasteiger partial charge in [-0.25, -0.2) is 0 Å². The Balaban J connectivity index is 2.20. The van der Waals surface area contributed by atoms with Gasteiger partial charge in [0.05, 0.1) is 6.04 Å². The molecule has 0 aliphatic heterocycles. The molecule has 0 radical (unpaired) electrons. The summed E-state index contributed by atoms with van der Waals surface area (Å²) in [5.74, 6) is 2.20. The minimum atomic E-state index is 0.179. The van der Waals surface area contributed by atoms with Crippen molar-refractivity contribution < 1.29 is 9.15 Å². The molecule has 0 aliphatic carbocycles. The lowest BCUT2D eigenvalue weighted by atomic mass is 9.91. The molecule has 2 unspecified atom stereocenters. The van der Waals surface area contributed by atoms with E-state index in [1.54, 1.807) is 7.11 Å². The summed E-state index contributed by atoms with van der Waals surface area (Å²) in [6.45, 7) is 5.90. The van der Waals surface area contributed by atoms with Gasteiger partial charge in [-0.05, 0) is 30.7 Å². The average molecular weight is 287 g/mol. The summed E-state index contributed by atoms with van der Waals surface area (Å²) >= 11 is 0. The number of ether oxygens (including phenoxy) is 1. The Bertz CT molecular complexity index is 521. The summed E-state index contributed by atoms with van der Waals surface area (Å²) in [7, 11) is 1.68. The van der Waals surface area contributed by atoms with E-state index < -0.39 is 0 Å². The maximum absolute atomic E-state index is 5.94. The van der Waals surface area contributed by atoms with E-state index in [0.29, 0.717) is 12.5 Å². The summed E-state index contributed by atoms with van der Waals surface area (Å²) in [4.78, 5) is 0. The minimum absolute atomic E-state index is 0.179. The van der Waals surface area contributed by atoms with Crippen LogP contribution in [0, 0.1) is 0 Å². The molecule has 2 rings (SSSR count). The van der Waals surface area contributed by atoms with Gasteiger partial charge >= 0.3 is 0 Å². The molecule has 0 fully saturated rings. The Morgan fingerprint density at radius 3 is 2.57 bits per heavy atom. The second kappa shape index (κ2) is 8.01. The van der Waals surface area contributed by atoms with Crippen molar-refractivity contribution in [3.05, 3.63) is 59.5 Å². The van der Waals surface area contributed by atoms with E-state index in [-0.39, 0.29) is 6.04 Å². The number of furan rings is 1. The summed E-state index contributed by atoms with van der Waals surface area (Å²) in [5.41, 5.74) is 1.32. The van der Waals surface area contributed by atoms with Crippen LogP contribution in [0.15, 0.2) is 46.9 Å². The lowest BCUT2D eigenvalue weighted by Gasteiger charge is -2.24. The van der Waals surface area contributed by atoms with Gasteiger partial charge in [-0.1, -0.05) is 44.2 Å². The van der Waals surface area contributed by atoms with Crippen LogP contribution < -0.4 is 5.32 Å². The van der Waals surface area contributed by atoms with Gasteiger partial charge in [-0.15, -0.1) is 0 Å². The van der Waals surface area contributed by atoms with Crippen molar-refractivity contribution in [2.45, 2.75) is 38.8 Å². The Kier molecular flexibility index (Phi) is 6.03. The number of hydrogen-bond acceptors (Lipinski definition) is 3. The average Bonchev–Trinajstić information content (AvgIpc) is 2.97. The molecule has 0 bridgehead atoms. The van der Waals surface area contributed by atoms with E-state index in [0.717, 1.165) is 24.5 Å². The summed E-state index contributed by atoms with van der Waals surface area (Å²) < 4.78 is 11.1. The van der Waals surface area contributed by atoms with Crippen LogP contribution in [0.4, 0.5) is 0 Å². The van der Waals surface area contributed by atoms with Crippen molar-refractivity contribution in [3.63, 3.8) is 0 Å². The third kappa shape index (κ3) is 4.19. The molecule has 3 heteroatoms. The molecule has 1 aromatic carbocycles. The van der Waals surface area contributed by atoms with Crippen LogP contribution in [0.1, 0.15) is 49.3 Å². The first-order chi connectivity index (χ1) is 10.3. The highest BCUT2D eigenvalue weighted by Crippen LogP contribution is 2.31. The van der Waals surface area contributed by atoms with Crippen LogP contribution in [-0.4, -0.2) is 13.7 Å². The van der Waals surface area contributed by atoms with E-state index in [1.807, 2.05) is 12.1 Å². The van der Waals surface area contributed by atoms with Gasteiger partial charge in [0.2, 0.25) is 0 Å². The molecule has 0 saturated heterocycles. The lowest BCUT2D eigenvalue weighted by molar-refractivity contribution is 0.161. The third-order valence-corrected chi connectivity index (χ3v) is 3.72. The van der Waals surface area contributed by atoms with E-state index in [1.165, 1.54) is 5.56 Å². The molecule has 0 amide bonds. The van der Waals surface area contributed by atoms with E-state index >= 15 is 0 Å². The molecule has 114 valence electrons. The zero-order valence-corrected chi connectivity index (χ0v) is 13.1. The van der Waals surface area contributed by atoms with Crippen LogP contribution in [0.5, 0.6) is 0 Å². The molecular weight excluding hydrogens is 262 g/mol. The zero-order chi connectivity index (χ0) is 15.1. The van der Waals surface area contributed by atoms with E-state index in [9.17, 15) is 0 Å². The highest BCUT2D eigenvalue weighted by atomic mass is 16.5. The Labute approximate surface area is 127 Å². The summed E-state index contributed by atoms with van der Waals surface area (Å²) in [5, 5.41) is 3.60. The quantitative estimate of drug-likeness (QED) is 0.787. The molecule has 0 spiro atoms. The van der Waals surface area contributed by atoms with Gasteiger partial charge in [0.25, 0.3) is 0 Å². The molecular formula is C18H25NO2. The van der Waals surface area contributed by atoms with Gasteiger partial charge in [-0.2, -0.15) is 0 Å². The van der Waals surface area contributed by atoms with E-state index in [2.05, 4.69) is 49.5 Å². The van der Waals surface area contributed by atoms with Crippen molar-refractivity contribution in [3.8, 4) is 0 Å². The highest BCUT2D eigenvalue weighted by molar-refractivity contribution is 5.24. The normalized spacial score (nSPS) is 14.0. The minimum Gasteiger partial charge on any atom is -0.462 e. The predicted molar refractivity (Wildman–Crippen MR) is 85.3 cm³/mol. The zero-order valence-electron chi connectivity index (χ0n) is 13.1.